The van der Waals surface area contributed by atoms with Gasteiger partial charge in [0.1, 0.15) is 6.26 Å². The number of terminal acetylenes is 1. The Kier molecular flexibility index (Phi) is 2.88. The molecule has 0 aliphatic carbocycles. The van der Waals surface area contributed by atoms with Gasteiger partial charge in [-0.1, -0.05) is 0 Å². The molecule has 68 valence electrons. The molecule has 0 saturated heterocycles. The molecule has 1 aromatic rings. The van der Waals surface area contributed by atoms with Gasteiger partial charge in [0.25, 0.3) is 0 Å². The van der Waals surface area contributed by atoms with Crippen molar-refractivity contribution < 1.29 is 9.21 Å². The van der Waals surface area contributed by atoms with E-state index in [1.807, 2.05) is 0 Å². The second-order valence-corrected chi connectivity index (χ2v) is 2.85. The molecule has 1 aromatic heterocycles. The van der Waals surface area contributed by atoms with Crippen LogP contribution in [-0.4, -0.2) is 11.8 Å². The highest BCUT2D eigenvalue weighted by molar-refractivity contribution is 6.00. The molecule has 0 radical (unpaired) electrons. The molecule has 0 saturated carbocycles. The van der Waals surface area contributed by atoms with E-state index in [1.165, 1.54) is 12.5 Å². The lowest BCUT2D eigenvalue weighted by Crippen LogP contribution is -2.30. The first-order valence-electron chi connectivity index (χ1n) is 3.93. The lowest BCUT2D eigenvalue weighted by atomic mass is 10.0. The van der Waals surface area contributed by atoms with Gasteiger partial charge in [-0.25, -0.2) is 0 Å². The molecule has 0 bridgehead atoms. The van der Waals surface area contributed by atoms with E-state index in [2.05, 4.69) is 5.92 Å². The Bertz CT molecular complexity index is 346. The Balaban J connectivity index is 2.81. The van der Waals surface area contributed by atoms with Gasteiger partial charge >= 0.3 is 0 Å². The van der Waals surface area contributed by atoms with Gasteiger partial charge in [0.2, 0.25) is 0 Å². The number of furan rings is 1. The van der Waals surface area contributed by atoms with Crippen LogP contribution in [-0.2, 0) is 0 Å². The third kappa shape index (κ3) is 1.98. The second-order valence-electron chi connectivity index (χ2n) is 2.85. The Labute approximate surface area is 76.9 Å². The monoisotopic (exact) mass is 177 g/mol. The Morgan fingerprint density at radius 1 is 1.77 bits per heavy atom. The van der Waals surface area contributed by atoms with Gasteiger partial charge in [-0.2, -0.15) is 0 Å². The molecule has 3 nitrogen and oxygen atoms in total. The van der Waals surface area contributed by atoms with Crippen molar-refractivity contribution in [2.24, 2.45) is 5.73 Å². The predicted octanol–water partition coefficient (Wildman–Crippen LogP) is 1.12. The van der Waals surface area contributed by atoms with Crippen molar-refractivity contribution in [1.29, 1.82) is 0 Å². The summed E-state index contributed by atoms with van der Waals surface area (Å²) in [4.78, 5) is 11.5. The van der Waals surface area contributed by atoms with Gasteiger partial charge in [0.15, 0.2) is 5.78 Å². The topological polar surface area (TPSA) is 56.2 Å². The lowest BCUT2D eigenvalue weighted by molar-refractivity contribution is 0.0961. The van der Waals surface area contributed by atoms with Crippen LogP contribution in [0.4, 0.5) is 0 Å². The second kappa shape index (κ2) is 3.92. The number of ketones is 1. The highest BCUT2D eigenvalue weighted by Crippen LogP contribution is 2.11. The number of hydrogen-bond acceptors (Lipinski definition) is 3. The van der Waals surface area contributed by atoms with Gasteiger partial charge < -0.3 is 10.2 Å². The fourth-order valence-corrected chi connectivity index (χ4v) is 1.03. The summed E-state index contributed by atoms with van der Waals surface area (Å²) in [6, 6.07) is -0.624. The van der Waals surface area contributed by atoms with E-state index < -0.39 is 6.04 Å². The molecule has 1 unspecified atom stereocenters. The van der Waals surface area contributed by atoms with Crippen LogP contribution in [0.5, 0.6) is 0 Å². The van der Waals surface area contributed by atoms with Gasteiger partial charge in [0.05, 0.1) is 17.9 Å². The van der Waals surface area contributed by atoms with Crippen molar-refractivity contribution in [2.45, 2.75) is 19.4 Å². The van der Waals surface area contributed by atoms with Crippen LogP contribution >= 0.6 is 0 Å². The maximum atomic E-state index is 11.5. The zero-order valence-electron chi connectivity index (χ0n) is 7.41. The Morgan fingerprint density at radius 2 is 2.46 bits per heavy atom. The third-order valence-electron chi connectivity index (χ3n) is 1.80. The van der Waals surface area contributed by atoms with Crippen LogP contribution in [0.2, 0.25) is 0 Å². The summed E-state index contributed by atoms with van der Waals surface area (Å²) < 4.78 is 4.87. The van der Waals surface area contributed by atoms with Gasteiger partial charge in [-0.15, -0.1) is 12.3 Å². The third-order valence-corrected chi connectivity index (χ3v) is 1.80. The minimum absolute atomic E-state index is 0.163. The smallest absolute Gasteiger partial charge is 0.183 e. The molecule has 0 spiro atoms. The summed E-state index contributed by atoms with van der Waals surface area (Å²) in [5.74, 6) is 2.19. The van der Waals surface area contributed by atoms with Crippen molar-refractivity contribution in [1.82, 2.24) is 0 Å². The summed E-state index contributed by atoms with van der Waals surface area (Å²) in [5.41, 5.74) is 6.86. The quantitative estimate of drug-likeness (QED) is 0.556. The maximum Gasteiger partial charge on any atom is 0.183 e. The molecular formula is C10H11NO2. The molecule has 0 amide bonds. The summed E-state index contributed by atoms with van der Waals surface area (Å²) in [5, 5.41) is 0. The van der Waals surface area contributed by atoms with Crippen molar-refractivity contribution in [3.63, 3.8) is 0 Å². The number of carbonyl (C=O) groups is 1. The van der Waals surface area contributed by atoms with E-state index in [4.69, 9.17) is 16.6 Å². The molecule has 1 atom stereocenters. The molecule has 2 N–H and O–H groups in total. The SMILES string of the molecule is C#CCC(N)C(=O)c1cocc1C. The summed E-state index contributed by atoms with van der Waals surface area (Å²) >= 11 is 0. The fourth-order valence-electron chi connectivity index (χ4n) is 1.03. The largest absolute Gasteiger partial charge is 0.472 e. The average Bonchev–Trinajstić information content (AvgIpc) is 2.50. The molecule has 13 heavy (non-hydrogen) atoms. The first-order chi connectivity index (χ1) is 6.16. The van der Waals surface area contributed by atoms with Gasteiger partial charge in [0, 0.05) is 6.42 Å². The van der Waals surface area contributed by atoms with Crippen LogP contribution in [0.25, 0.3) is 0 Å². The highest BCUT2D eigenvalue weighted by Gasteiger charge is 2.17. The summed E-state index contributed by atoms with van der Waals surface area (Å²) in [7, 11) is 0. The van der Waals surface area contributed by atoms with Gasteiger partial charge in [-0.05, 0) is 12.5 Å². The summed E-state index contributed by atoms with van der Waals surface area (Å²) in [6.45, 7) is 1.79. The number of nitrogens with two attached hydrogens (primary N) is 1. The van der Waals surface area contributed by atoms with Crippen molar-refractivity contribution in [3.05, 3.63) is 23.7 Å². The number of Topliss-reactive ketones (excluding diaryl/α,β-unsaturated/α-hetero) is 1. The normalized spacial score (nSPS) is 12.1. The van der Waals surface area contributed by atoms with Crippen LogP contribution in [0.1, 0.15) is 22.3 Å². The lowest BCUT2D eigenvalue weighted by Gasteiger charge is -2.04. The average molecular weight is 177 g/mol. The molecule has 3 heteroatoms. The number of hydrogen-bond donors (Lipinski definition) is 1. The Hall–Kier alpha value is -1.53. The van der Waals surface area contributed by atoms with Crippen LogP contribution in [0, 0.1) is 19.3 Å². The van der Waals surface area contributed by atoms with Crippen molar-refractivity contribution in [2.75, 3.05) is 0 Å². The van der Waals surface area contributed by atoms with E-state index in [1.54, 1.807) is 6.92 Å². The molecule has 0 aromatic carbocycles. The van der Waals surface area contributed by atoms with Crippen LogP contribution in [0.15, 0.2) is 16.9 Å². The standard InChI is InChI=1S/C10H11NO2/c1-3-4-9(11)10(12)8-6-13-5-7(8)2/h1,5-6,9H,4,11H2,2H3. The minimum Gasteiger partial charge on any atom is -0.472 e. The van der Waals surface area contributed by atoms with E-state index in [-0.39, 0.29) is 12.2 Å². The molecule has 0 aliphatic rings. The van der Waals surface area contributed by atoms with Crippen molar-refractivity contribution in [3.8, 4) is 12.3 Å². The van der Waals surface area contributed by atoms with E-state index in [0.717, 1.165) is 5.56 Å². The van der Waals surface area contributed by atoms with E-state index in [0.29, 0.717) is 5.56 Å². The zero-order chi connectivity index (χ0) is 9.84. The van der Waals surface area contributed by atoms with Crippen molar-refractivity contribution >= 4 is 5.78 Å². The van der Waals surface area contributed by atoms with E-state index in [9.17, 15) is 4.79 Å². The predicted molar refractivity (Wildman–Crippen MR) is 49.2 cm³/mol. The van der Waals surface area contributed by atoms with Crippen LogP contribution < -0.4 is 5.73 Å². The molecule has 1 rings (SSSR count). The zero-order valence-corrected chi connectivity index (χ0v) is 7.41. The van der Waals surface area contributed by atoms with Crippen LogP contribution in [0.3, 0.4) is 0 Å². The molecule has 0 fully saturated rings. The molecule has 0 aliphatic heterocycles. The summed E-state index contributed by atoms with van der Waals surface area (Å²) in [6.07, 6.45) is 8.21. The molecule has 1 heterocycles. The number of rotatable bonds is 3. The number of aryl methyl sites for hydroxylation is 1. The first kappa shape index (κ1) is 9.56. The van der Waals surface area contributed by atoms with Gasteiger partial charge in [-0.3, -0.25) is 4.79 Å². The maximum absolute atomic E-state index is 11.5. The van der Waals surface area contributed by atoms with E-state index >= 15 is 0 Å². The fraction of sp³-hybridized carbons (Fsp3) is 0.300. The first-order valence-corrected chi connectivity index (χ1v) is 3.93. The Morgan fingerprint density at radius 3 is 2.92 bits per heavy atom. The highest BCUT2D eigenvalue weighted by atomic mass is 16.3. The molecular weight excluding hydrogens is 166 g/mol. The number of carbonyl (C=O) groups excluding carboxylic acids is 1. The minimum atomic E-state index is -0.624.